The molecule has 2 aromatic rings. The van der Waals surface area contributed by atoms with E-state index in [2.05, 4.69) is 112 Å². The van der Waals surface area contributed by atoms with E-state index in [0.29, 0.717) is 112 Å². The SMILES string of the molecule is C#CCOCCOCCOCCOCCOc1ccc2c(c1)C(C)(C)/C(=C\C=C\C=CC1=[N+](C)c3ccc(OCCOCCOCCOCCOC)cc3C1(C)C)N2C. The molecule has 0 spiro atoms. The molecule has 0 saturated heterocycles. The summed E-state index contributed by atoms with van der Waals surface area (Å²) in [5, 5.41) is 0. The van der Waals surface area contributed by atoms with Gasteiger partial charge in [-0.2, -0.15) is 4.58 Å². The Hall–Kier alpha value is -4.03. The molecule has 0 bridgehead atoms. The molecule has 0 unspecified atom stereocenters. The van der Waals surface area contributed by atoms with Crippen molar-refractivity contribution in [3.63, 3.8) is 0 Å². The lowest BCUT2D eigenvalue weighted by Crippen LogP contribution is -2.26. The molecule has 2 aromatic carbocycles. The van der Waals surface area contributed by atoms with E-state index in [1.54, 1.807) is 7.11 Å². The highest BCUT2D eigenvalue weighted by Crippen LogP contribution is 2.48. The number of hydrogen-bond acceptors (Lipinski definition) is 11. The number of hydrogen-bond donors (Lipinski definition) is 0. The fourth-order valence-electron chi connectivity index (χ4n) is 7.08. The Morgan fingerprint density at radius 3 is 1.64 bits per heavy atom. The average molecular weight is 820 g/mol. The van der Waals surface area contributed by atoms with Gasteiger partial charge >= 0.3 is 0 Å². The van der Waals surface area contributed by atoms with Crippen molar-refractivity contribution >= 4 is 17.1 Å². The van der Waals surface area contributed by atoms with Crippen LogP contribution >= 0.6 is 0 Å². The molecule has 2 heterocycles. The molecule has 0 saturated carbocycles. The van der Waals surface area contributed by atoms with E-state index in [9.17, 15) is 0 Å². The van der Waals surface area contributed by atoms with Crippen LogP contribution in [0.25, 0.3) is 0 Å². The van der Waals surface area contributed by atoms with Gasteiger partial charge in [0.05, 0.1) is 97.9 Å². The van der Waals surface area contributed by atoms with Gasteiger partial charge in [-0.15, -0.1) is 6.42 Å². The zero-order chi connectivity index (χ0) is 42.4. The van der Waals surface area contributed by atoms with Gasteiger partial charge in [0, 0.05) is 48.7 Å². The summed E-state index contributed by atoms with van der Waals surface area (Å²) in [5.41, 5.74) is 6.85. The van der Waals surface area contributed by atoms with Gasteiger partial charge < -0.3 is 52.3 Å². The molecule has 59 heavy (non-hydrogen) atoms. The molecule has 4 rings (SSSR count). The maximum absolute atomic E-state index is 6.06. The number of likely N-dealkylation sites (N-methyl/N-ethyl adjacent to an activating group) is 1. The lowest BCUT2D eigenvalue weighted by Gasteiger charge is -2.23. The van der Waals surface area contributed by atoms with E-state index < -0.39 is 0 Å². The second-order valence-electron chi connectivity index (χ2n) is 15.0. The fourth-order valence-corrected chi connectivity index (χ4v) is 7.08. The minimum atomic E-state index is -0.200. The van der Waals surface area contributed by atoms with Gasteiger partial charge in [0.15, 0.2) is 5.71 Å². The summed E-state index contributed by atoms with van der Waals surface area (Å²) in [6, 6.07) is 12.6. The minimum Gasteiger partial charge on any atom is -0.491 e. The topological polar surface area (TPSA) is 98.6 Å². The van der Waals surface area contributed by atoms with Crippen LogP contribution in [0, 0.1) is 12.3 Å². The number of fused-ring (bicyclic) bond motifs is 2. The second-order valence-corrected chi connectivity index (χ2v) is 15.0. The maximum atomic E-state index is 6.06. The number of allylic oxidation sites excluding steroid dienone is 6. The summed E-state index contributed by atoms with van der Waals surface area (Å²) >= 11 is 0. The molecule has 0 amide bonds. The van der Waals surface area contributed by atoms with Crippen LogP contribution in [0.15, 0.2) is 72.5 Å². The molecular weight excluding hydrogens is 753 g/mol. The molecule has 0 aromatic heterocycles. The summed E-state index contributed by atoms with van der Waals surface area (Å²) in [7, 11) is 5.90. The third kappa shape index (κ3) is 14.6. The first-order valence-corrected chi connectivity index (χ1v) is 20.5. The van der Waals surface area contributed by atoms with Crippen LogP contribution in [0.1, 0.15) is 38.8 Å². The number of terminal acetylenes is 1. The molecule has 12 heteroatoms. The second kappa shape index (κ2) is 25.6. The Balaban J connectivity index is 1.18. The lowest BCUT2D eigenvalue weighted by atomic mass is 9.81. The summed E-state index contributed by atoms with van der Waals surface area (Å²) in [4.78, 5) is 2.26. The standard InChI is InChI=1S/C47H67N2O10/c1-9-19-51-22-23-53-26-27-55-29-31-57-33-35-59-39-16-18-43-41(37-39)47(4,5)45(49(43)7)14-12-10-11-13-44-46(2,3)40-36-38(15-17-42(40)48(44)6)58-34-32-56-30-28-54-25-24-52-21-20-50-8/h1,10-18,36-37H,19-35H2,2-8H3/q+1. The molecule has 324 valence electrons. The summed E-state index contributed by atoms with van der Waals surface area (Å²) in [6.07, 6.45) is 15.9. The van der Waals surface area contributed by atoms with Gasteiger partial charge in [-0.25, -0.2) is 0 Å². The van der Waals surface area contributed by atoms with E-state index in [1.165, 1.54) is 33.9 Å². The van der Waals surface area contributed by atoms with E-state index in [0.717, 1.165) is 11.5 Å². The molecule has 0 radical (unpaired) electrons. The molecular formula is C47H67N2O10+. The van der Waals surface area contributed by atoms with E-state index >= 15 is 0 Å². The van der Waals surface area contributed by atoms with E-state index in [1.807, 2.05) is 12.1 Å². The monoisotopic (exact) mass is 819 g/mol. The van der Waals surface area contributed by atoms with Crippen molar-refractivity contribution < 1.29 is 51.9 Å². The zero-order valence-electron chi connectivity index (χ0n) is 36.4. The smallest absolute Gasteiger partial charge is 0.209 e. The Labute approximate surface area is 352 Å². The molecule has 0 aliphatic carbocycles. The van der Waals surface area contributed by atoms with Crippen LogP contribution in [0.3, 0.4) is 0 Å². The van der Waals surface area contributed by atoms with Crippen molar-refractivity contribution in [2.75, 3.05) is 138 Å². The van der Waals surface area contributed by atoms with Gasteiger partial charge in [0.25, 0.3) is 0 Å². The predicted molar refractivity (Wildman–Crippen MR) is 232 cm³/mol. The first-order valence-electron chi connectivity index (χ1n) is 20.5. The number of rotatable bonds is 30. The quantitative estimate of drug-likeness (QED) is 0.0387. The molecule has 2 aliphatic heterocycles. The normalized spacial score (nSPS) is 16.1. The number of nitrogens with zero attached hydrogens (tertiary/aromatic N) is 2. The van der Waals surface area contributed by atoms with Crippen LogP contribution < -0.4 is 14.4 Å². The fraction of sp³-hybridized carbons (Fsp3) is 0.553. The highest BCUT2D eigenvalue weighted by atomic mass is 16.6. The van der Waals surface area contributed by atoms with Gasteiger partial charge in [0.2, 0.25) is 5.69 Å². The van der Waals surface area contributed by atoms with Crippen molar-refractivity contribution in [1.82, 2.24) is 0 Å². The van der Waals surface area contributed by atoms with Crippen LogP contribution in [0.2, 0.25) is 0 Å². The summed E-state index contributed by atoms with van der Waals surface area (Å²) < 4.78 is 57.8. The number of benzene rings is 2. The van der Waals surface area contributed by atoms with Crippen LogP contribution in [-0.4, -0.2) is 144 Å². The highest BCUT2D eigenvalue weighted by Gasteiger charge is 2.43. The third-order valence-corrected chi connectivity index (χ3v) is 10.2. The number of ether oxygens (including phenoxy) is 10. The van der Waals surface area contributed by atoms with Crippen molar-refractivity contribution in [3.8, 4) is 23.8 Å². The predicted octanol–water partition coefficient (Wildman–Crippen LogP) is 6.27. The Bertz CT molecular complexity index is 1740. The van der Waals surface area contributed by atoms with E-state index in [4.69, 9.17) is 53.8 Å². The first-order chi connectivity index (χ1) is 28.6. The van der Waals surface area contributed by atoms with Crippen LogP contribution in [-0.2, 0) is 48.7 Å². The van der Waals surface area contributed by atoms with Crippen molar-refractivity contribution in [1.29, 1.82) is 0 Å². The molecule has 2 aliphatic rings. The third-order valence-electron chi connectivity index (χ3n) is 10.2. The molecule has 12 nitrogen and oxygen atoms in total. The zero-order valence-corrected chi connectivity index (χ0v) is 36.4. The van der Waals surface area contributed by atoms with Gasteiger partial charge in [-0.1, -0.05) is 38.0 Å². The largest absolute Gasteiger partial charge is 0.491 e. The minimum absolute atomic E-state index is 0.196. The maximum Gasteiger partial charge on any atom is 0.209 e. The summed E-state index contributed by atoms with van der Waals surface area (Å²) in [6.45, 7) is 17.5. The van der Waals surface area contributed by atoms with Crippen LogP contribution in [0.4, 0.5) is 11.4 Å². The Kier molecular flexibility index (Phi) is 20.6. The molecule has 0 fully saturated rings. The average Bonchev–Trinajstić information content (AvgIpc) is 3.53. The summed E-state index contributed by atoms with van der Waals surface area (Å²) in [5.74, 6) is 4.09. The lowest BCUT2D eigenvalue weighted by molar-refractivity contribution is -0.401. The van der Waals surface area contributed by atoms with Crippen molar-refractivity contribution in [3.05, 3.63) is 83.6 Å². The van der Waals surface area contributed by atoms with Gasteiger partial charge in [-0.05, 0) is 55.8 Å². The Morgan fingerprint density at radius 2 is 1.10 bits per heavy atom. The highest BCUT2D eigenvalue weighted by molar-refractivity contribution is 6.03. The molecule has 0 atom stereocenters. The van der Waals surface area contributed by atoms with Gasteiger partial charge in [-0.3, -0.25) is 0 Å². The van der Waals surface area contributed by atoms with E-state index in [-0.39, 0.29) is 10.8 Å². The van der Waals surface area contributed by atoms with Gasteiger partial charge in [0.1, 0.15) is 38.4 Å². The number of anilines is 1. The van der Waals surface area contributed by atoms with Crippen molar-refractivity contribution in [2.45, 2.75) is 38.5 Å². The molecule has 0 N–H and O–H groups in total. The number of methoxy groups -OCH3 is 1. The first kappa shape index (κ1) is 47.6. The Morgan fingerprint density at radius 1 is 0.610 bits per heavy atom. The van der Waals surface area contributed by atoms with Crippen molar-refractivity contribution in [2.24, 2.45) is 0 Å². The van der Waals surface area contributed by atoms with Crippen LogP contribution in [0.5, 0.6) is 11.5 Å².